The molecule has 0 aliphatic heterocycles. The molecular weight excluding hydrogens is 214 g/mol. The van der Waals surface area contributed by atoms with E-state index in [-0.39, 0.29) is 0 Å². The molecule has 80 valence electrons. The van der Waals surface area contributed by atoms with Crippen LogP contribution in [-0.2, 0) is 6.54 Å². The van der Waals surface area contributed by atoms with Crippen molar-refractivity contribution in [2.75, 3.05) is 14.2 Å². The number of hydrogen-bond acceptors (Lipinski definition) is 6. The molecule has 6 heteroatoms. The van der Waals surface area contributed by atoms with Crippen LogP contribution in [0.15, 0.2) is 16.0 Å². The van der Waals surface area contributed by atoms with Gasteiger partial charge in [0, 0.05) is 11.4 Å². The summed E-state index contributed by atoms with van der Waals surface area (Å²) < 4.78 is 10.2. The molecule has 15 heavy (non-hydrogen) atoms. The van der Waals surface area contributed by atoms with E-state index in [1.807, 2.05) is 18.5 Å². The molecule has 2 heterocycles. The Labute approximate surface area is 91.1 Å². The number of aromatic nitrogens is 2. The van der Waals surface area contributed by atoms with Gasteiger partial charge in [0.25, 0.3) is 5.89 Å². The summed E-state index contributed by atoms with van der Waals surface area (Å²) in [5.41, 5.74) is 0. The molecule has 2 aromatic heterocycles. The summed E-state index contributed by atoms with van der Waals surface area (Å²) in [5.74, 6) is 2.00. The molecule has 0 unspecified atom stereocenters. The fourth-order valence-electron chi connectivity index (χ4n) is 1.12. The number of methoxy groups -OCH3 is 1. The Morgan fingerprint density at radius 2 is 2.47 bits per heavy atom. The quantitative estimate of drug-likeness (QED) is 0.855. The van der Waals surface area contributed by atoms with Gasteiger partial charge in [0.2, 0.25) is 0 Å². The van der Waals surface area contributed by atoms with Gasteiger partial charge < -0.3 is 14.6 Å². The van der Waals surface area contributed by atoms with Gasteiger partial charge in [-0.05, 0) is 7.05 Å². The summed E-state index contributed by atoms with van der Waals surface area (Å²) in [5, 5.41) is 8.69. The fourth-order valence-corrected chi connectivity index (χ4v) is 1.90. The van der Waals surface area contributed by atoms with E-state index in [1.54, 1.807) is 7.11 Å². The van der Waals surface area contributed by atoms with E-state index in [4.69, 9.17) is 9.26 Å². The Bertz CT molecular complexity index is 438. The standard InChI is InChI=1S/C9H11N3O2S/c1-10-4-8-11-9(14-12-8)7-3-6(13-2)5-15-7/h3,5,10H,4H2,1-2H3. The molecule has 0 saturated carbocycles. The van der Waals surface area contributed by atoms with E-state index < -0.39 is 0 Å². The molecule has 5 nitrogen and oxygen atoms in total. The summed E-state index contributed by atoms with van der Waals surface area (Å²) in [6, 6.07) is 1.88. The van der Waals surface area contributed by atoms with Crippen molar-refractivity contribution in [2.45, 2.75) is 6.54 Å². The Hall–Kier alpha value is -1.40. The minimum absolute atomic E-state index is 0.536. The average Bonchev–Trinajstić information content (AvgIpc) is 2.85. The van der Waals surface area contributed by atoms with Gasteiger partial charge in [-0.2, -0.15) is 4.98 Å². The van der Waals surface area contributed by atoms with Gasteiger partial charge in [0.15, 0.2) is 5.82 Å². The zero-order valence-electron chi connectivity index (χ0n) is 8.48. The lowest BCUT2D eigenvalue weighted by molar-refractivity contribution is 0.414. The van der Waals surface area contributed by atoms with E-state index in [9.17, 15) is 0 Å². The molecule has 2 rings (SSSR count). The molecule has 0 fully saturated rings. The average molecular weight is 225 g/mol. The van der Waals surface area contributed by atoms with E-state index in [0.29, 0.717) is 18.3 Å². The van der Waals surface area contributed by atoms with Crippen molar-refractivity contribution in [3.8, 4) is 16.5 Å². The first-order chi connectivity index (χ1) is 7.33. The van der Waals surface area contributed by atoms with E-state index in [2.05, 4.69) is 15.5 Å². The molecule has 1 N–H and O–H groups in total. The second-order valence-corrected chi connectivity index (χ2v) is 3.81. The second kappa shape index (κ2) is 4.41. The number of thiophene rings is 1. The number of ether oxygens (including phenoxy) is 1. The predicted molar refractivity (Wildman–Crippen MR) is 56.9 cm³/mol. The zero-order valence-corrected chi connectivity index (χ0v) is 9.30. The first-order valence-corrected chi connectivity index (χ1v) is 5.31. The Balaban J connectivity index is 2.21. The van der Waals surface area contributed by atoms with Crippen molar-refractivity contribution in [3.05, 3.63) is 17.3 Å². The predicted octanol–water partition coefficient (Wildman–Crippen LogP) is 1.53. The Morgan fingerprint density at radius 3 is 3.13 bits per heavy atom. The van der Waals surface area contributed by atoms with Crippen molar-refractivity contribution >= 4 is 11.3 Å². The van der Waals surface area contributed by atoms with Gasteiger partial charge >= 0.3 is 0 Å². The van der Waals surface area contributed by atoms with Crippen molar-refractivity contribution < 1.29 is 9.26 Å². The minimum Gasteiger partial charge on any atom is -0.496 e. The van der Waals surface area contributed by atoms with Crippen LogP contribution in [-0.4, -0.2) is 24.3 Å². The third kappa shape index (κ3) is 2.16. The van der Waals surface area contributed by atoms with Crippen LogP contribution >= 0.6 is 11.3 Å². The maximum atomic E-state index is 5.11. The van der Waals surface area contributed by atoms with Crippen LogP contribution in [0.2, 0.25) is 0 Å². The number of nitrogens with one attached hydrogen (secondary N) is 1. The zero-order chi connectivity index (χ0) is 10.7. The Kier molecular flexibility index (Phi) is 2.98. The third-order valence-corrected chi connectivity index (χ3v) is 2.72. The van der Waals surface area contributed by atoms with Gasteiger partial charge in [-0.3, -0.25) is 0 Å². The summed E-state index contributed by atoms with van der Waals surface area (Å²) in [7, 11) is 3.47. The highest BCUT2D eigenvalue weighted by atomic mass is 32.1. The number of nitrogens with zero attached hydrogens (tertiary/aromatic N) is 2. The highest BCUT2D eigenvalue weighted by Crippen LogP contribution is 2.29. The molecule has 0 aliphatic carbocycles. The van der Waals surface area contributed by atoms with Crippen LogP contribution in [0.3, 0.4) is 0 Å². The van der Waals surface area contributed by atoms with Crippen LogP contribution in [0, 0.1) is 0 Å². The van der Waals surface area contributed by atoms with E-state index in [1.165, 1.54) is 11.3 Å². The minimum atomic E-state index is 0.536. The highest BCUT2D eigenvalue weighted by molar-refractivity contribution is 7.13. The van der Waals surface area contributed by atoms with Gasteiger partial charge in [-0.1, -0.05) is 5.16 Å². The maximum Gasteiger partial charge on any atom is 0.268 e. The van der Waals surface area contributed by atoms with E-state index in [0.717, 1.165) is 10.6 Å². The van der Waals surface area contributed by atoms with Gasteiger partial charge in [0.1, 0.15) is 5.75 Å². The van der Waals surface area contributed by atoms with Gasteiger partial charge in [-0.25, -0.2) is 0 Å². The molecule has 0 bridgehead atoms. The molecule has 0 aliphatic rings. The lowest BCUT2D eigenvalue weighted by atomic mass is 10.4. The molecule has 0 radical (unpaired) electrons. The topological polar surface area (TPSA) is 60.2 Å². The molecular formula is C9H11N3O2S. The lowest BCUT2D eigenvalue weighted by Crippen LogP contribution is -2.06. The van der Waals surface area contributed by atoms with Crippen molar-refractivity contribution in [2.24, 2.45) is 0 Å². The molecule has 0 saturated heterocycles. The lowest BCUT2D eigenvalue weighted by Gasteiger charge is -1.89. The first kappa shape index (κ1) is 10.1. The van der Waals surface area contributed by atoms with Crippen LogP contribution in [0.4, 0.5) is 0 Å². The van der Waals surface area contributed by atoms with E-state index >= 15 is 0 Å². The van der Waals surface area contributed by atoms with Crippen molar-refractivity contribution in [3.63, 3.8) is 0 Å². The molecule has 2 aromatic rings. The largest absolute Gasteiger partial charge is 0.496 e. The van der Waals surface area contributed by atoms with Crippen LogP contribution in [0.1, 0.15) is 5.82 Å². The normalized spacial score (nSPS) is 10.5. The van der Waals surface area contributed by atoms with Crippen LogP contribution in [0.5, 0.6) is 5.75 Å². The van der Waals surface area contributed by atoms with Crippen molar-refractivity contribution in [1.82, 2.24) is 15.5 Å². The first-order valence-electron chi connectivity index (χ1n) is 4.43. The smallest absolute Gasteiger partial charge is 0.268 e. The number of rotatable bonds is 4. The van der Waals surface area contributed by atoms with Crippen LogP contribution < -0.4 is 10.1 Å². The number of hydrogen-bond donors (Lipinski definition) is 1. The second-order valence-electron chi connectivity index (χ2n) is 2.90. The summed E-state index contributed by atoms with van der Waals surface area (Å²) in [4.78, 5) is 5.15. The van der Waals surface area contributed by atoms with Crippen molar-refractivity contribution in [1.29, 1.82) is 0 Å². The fraction of sp³-hybridized carbons (Fsp3) is 0.333. The Morgan fingerprint density at radius 1 is 1.60 bits per heavy atom. The third-order valence-electron chi connectivity index (χ3n) is 1.82. The monoisotopic (exact) mass is 225 g/mol. The summed E-state index contributed by atoms with van der Waals surface area (Å²) in [6.45, 7) is 0.603. The molecule has 0 atom stereocenters. The molecule has 0 amide bonds. The summed E-state index contributed by atoms with van der Waals surface area (Å²) in [6.07, 6.45) is 0. The SMILES string of the molecule is CNCc1noc(-c2cc(OC)cs2)n1. The molecule has 0 spiro atoms. The highest BCUT2D eigenvalue weighted by Gasteiger charge is 2.10. The van der Waals surface area contributed by atoms with Crippen LogP contribution in [0.25, 0.3) is 10.8 Å². The summed E-state index contributed by atoms with van der Waals surface area (Å²) >= 11 is 1.52. The maximum absolute atomic E-state index is 5.11. The van der Waals surface area contributed by atoms with Gasteiger partial charge in [0.05, 0.1) is 18.5 Å². The van der Waals surface area contributed by atoms with Gasteiger partial charge in [-0.15, -0.1) is 11.3 Å². The molecule has 0 aromatic carbocycles.